The summed E-state index contributed by atoms with van der Waals surface area (Å²) in [5.74, 6) is -1.97. The molecule has 0 aromatic heterocycles. The van der Waals surface area contributed by atoms with E-state index in [1.54, 1.807) is 54.6 Å². The fourth-order valence-electron chi connectivity index (χ4n) is 2.29. The van der Waals surface area contributed by atoms with Crippen molar-refractivity contribution in [3.63, 3.8) is 0 Å². The zero-order valence-corrected chi connectivity index (χ0v) is 11.0. The number of hydrogen-bond acceptors (Lipinski definition) is 4. The van der Waals surface area contributed by atoms with Gasteiger partial charge in [0.05, 0.1) is 5.57 Å². The normalized spacial score (nSPS) is 20.3. The zero-order valence-electron chi connectivity index (χ0n) is 11.0. The summed E-state index contributed by atoms with van der Waals surface area (Å²) in [7, 11) is 0. The van der Waals surface area contributed by atoms with Crippen LogP contribution in [0.5, 0.6) is 0 Å². The highest BCUT2D eigenvalue weighted by Gasteiger charge is 2.42. The molecular formula is C17H12O4. The van der Waals surface area contributed by atoms with E-state index >= 15 is 0 Å². The van der Waals surface area contributed by atoms with Crippen LogP contribution in [0.25, 0.3) is 5.76 Å². The molecule has 1 N–H and O–H groups in total. The number of esters is 1. The SMILES string of the molecule is O=C1OC(c2ccccc2)/C(=C(\O)c2ccccc2)C1=O. The summed E-state index contributed by atoms with van der Waals surface area (Å²) in [6.45, 7) is 0. The Bertz CT molecular complexity index is 717. The molecule has 4 nitrogen and oxygen atoms in total. The summed E-state index contributed by atoms with van der Waals surface area (Å²) in [4.78, 5) is 23.6. The van der Waals surface area contributed by atoms with Crippen molar-refractivity contribution in [2.75, 3.05) is 0 Å². The smallest absolute Gasteiger partial charge is 0.380 e. The van der Waals surface area contributed by atoms with E-state index in [4.69, 9.17) is 4.74 Å². The number of ether oxygens (including phenoxy) is 1. The van der Waals surface area contributed by atoms with Crippen LogP contribution in [0.1, 0.15) is 17.2 Å². The van der Waals surface area contributed by atoms with E-state index in [1.165, 1.54) is 0 Å². The first kappa shape index (κ1) is 13.1. The number of carbonyl (C=O) groups excluding carboxylic acids is 2. The van der Waals surface area contributed by atoms with Crippen LogP contribution in [0.2, 0.25) is 0 Å². The molecule has 21 heavy (non-hydrogen) atoms. The van der Waals surface area contributed by atoms with Crippen molar-refractivity contribution in [2.45, 2.75) is 6.10 Å². The lowest BCUT2D eigenvalue weighted by Gasteiger charge is -2.12. The molecule has 1 aliphatic rings. The van der Waals surface area contributed by atoms with Gasteiger partial charge in [-0.2, -0.15) is 0 Å². The molecule has 1 atom stereocenters. The van der Waals surface area contributed by atoms with Crippen LogP contribution < -0.4 is 0 Å². The third kappa shape index (κ3) is 2.31. The standard InChI is InChI=1S/C17H12O4/c18-14(11-7-3-1-4-8-11)13-15(19)17(20)21-16(13)12-9-5-2-6-10-12/h1-10,16,18H/b14-13-. The van der Waals surface area contributed by atoms with Crippen LogP contribution in [-0.2, 0) is 14.3 Å². The number of aliphatic hydroxyl groups excluding tert-OH is 1. The van der Waals surface area contributed by atoms with Crippen molar-refractivity contribution in [3.8, 4) is 0 Å². The van der Waals surface area contributed by atoms with Crippen molar-refractivity contribution in [3.05, 3.63) is 77.4 Å². The van der Waals surface area contributed by atoms with Crippen LogP contribution in [0, 0.1) is 0 Å². The van der Waals surface area contributed by atoms with E-state index in [2.05, 4.69) is 0 Å². The lowest BCUT2D eigenvalue weighted by atomic mass is 9.97. The Balaban J connectivity index is 2.13. The minimum atomic E-state index is -0.943. The van der Waals surface area contributed by atoms with Crippen LogP contribution in [0.3, 0.4) is 0 Å². The number of aliphatic hydroxyl groups is 1. The maximum absolute atomic E-state index is 12.0. The molecule has 2 aromatic rings. The van der Waals surface area contributed by atoms with Gasteiger partial charge >= 0.3 is 5.97 Å². The number of carbonyl (C=O) groups is 2. The van der Waals surface area contributed by atoms with Crippen molar-refractivity contribution in [1.82, 2.24) is 0 Å². The summed E-state index contributed by atoms with van der Waals surface area (Å²) < 4.78 is 5.11. The van der Waals surface area contributed by atoms with Gasteiger partial charge < -0.3 is 9.84 Å². The highest BCUT2D eigenvalue weighted by atomic mass is 16.6. The monoisotopic (exact) mass is 280 g/mol. The molecule has 1 heterocycles. The Kier molecular flexibility index (Phi) is 3.28. The first-order valence-corrected chi connectivity index (χ1v) is 6.47. The Morgan fingerprint density at radius 3 is 2.10 bits per heavy atom. The van der Waals surface area contributed by atoms with Gasteiger partial charge in [0.25, 0.3) is 5.78 Å². The lowest BCUT2D eigenvalue weighted by molar-refractivity contribution is -0.149. The molecule has 1 aliphatic heterocycles. The molecule has 104 valence electrons. The van der Waals surface area contributed by atoms with E-state index in [9.17, 15) is 14.7 Å². The molecule has 0 radical (unpaired) electrons. The van der Waals surface area contributed by atoms with Crippen molar-refractivity contribution >= 4 is 17.5 Å². The van der Waals surface area contributed by atoms with E-state index in [0.717, 1.165) is 0 Å². The molecule has 2 aromatic carbocycles. The van der Waals surface area contributed by atoms with E-state index in [0.29, 0.717) is 11.1 Å². The number of rotatable bonds is 2. The quantitative estimate of drug-likeness (QED) is 0.397. The molecule has 0 saturated carbocycles. The Hall–Kier alpha value is -2.88. The molecule has 1 unspecified atom stereocenters. The van der Waals surface area contributed by atoms with Gasteiger partial charge in [-0.1, -0.05) is 60.7 Å². The Morgan fingerprint density at radius 2 is 1.48 bits per heavy atom. The molecule has 0 amide bonds. The first-order valence-electron chi connectivity index (χ1n) is 6.47. The minimum Gasteiger partial charge on any atom is -0.507 e. The summed E-state index contributed by atoms with van der Waals surface area (Å²) in [5.41, 5.74) is 1.10. The molecule has 4 heteroatoms. The van der Waals surface area contributed by atoms with Gasteiger partial charge in [-0.15, -0.1) is 0 Å². The van der Waals surface area contributed by atoms with E-state index in [1.807, 2.05) is 6.07 Å². The average Bonchev–Trinajstić information content (AvgIpc) is 2.84. The fourth-order valence-corrected chi connectivity index (χ4v) is 2.29. The molecule has 1 fully saturated rings. The lowest BCUT2D eigenvalue weighted by Crippen LogP contribution is -2.08. The predicted octanol–water partition coefficient (Wildman–Crippen LogP) is 2.82. The number of Topliss-reactive ketones (excluding diaryl/α,β-unsaturated/α-hetero) is 1. The molecular weight excluding hydrogens is 268 g/mol. The number of ketones is 1. The summed E-state index contributed by atoms with van der Waals surface area (Å²) >= 11 is 0. The topological polar surface area (TPSA) is 63.6 Å². The van der Waals surface area contributed by atoms with Gasteiger partial charge in [-0.25, -0.2) is 4.79 Å². The summed E-state index contributed by atoms with van der Waals surface area (Å²) in [6, 6.07) is 17.5. The second-order valence-electron chi connectivity index (χ2n) is 4.65. The molecule has 0 spiro atoms. The number of hydrogen-bond donors (Lipinski definition) is 1. The molecule has 3 rings (SSSR count). The van der Waals surface area contributed by atoms with Crippen LogP contribution >= 0.6 is 0 Å². The first-order chi connectivity index (χ1) is 10.2. The third-order valence-corrected chi connectivity index (χ3v) is 3.32. The van der Waals surface area contributed by atoms with Crippen LogP contribution in [0.15, 0.2) is 66.2 Å². The van der Waals surface area contributed by atoms with Crippen LogP contribution in [0.4, 0.5) is 0 Å². The Morgan fingerprint density at radius 1 is 0.905 bits per heavy atom. The average molecular weight is 280 g/mol. The van der Waals surface area contributed by atoms with Crippen LogP contribution in [-0.4, -0.2) is 16.9 Å². The van der Waals surface area contributed by atoms with Gasteiger partial charge in [-0.05, 0) is 5.56 Å². The number of cyclic esters (lactones) is 1. The fraction of sp³-hybridized carbons (Fsp3) is 0.0588. The molecule has 1 saturated heterocycles. The highest BCUT2D eigenvalue weighted by Crippen LogP contribution is 2.36. The van der Waals surface area contributed by atoms with Gasteiger partial charge in [0.15, 0.2) is 6.10 Å². The Labute approximate surface area is 121 Å². The van der Waals surface area contributed by atoms with Gasteiger partial charge in [0.1, 0.15) is 5.76 Å². The molecule has 0 aliphatic carbocycles. The maximum Gasteiger partial charge on any atom is 0.380 e. The second-order valence-corrected chi connectivity index (χ2v) is 4.65. The van der Waals surface area contributed by atoms with Crippen molar-refractivity contribution in [2.24, 2.45) is 0 Å². The summed E-state index contributed by atoms with van der Waals surface area (Å²) in [6.07, 6.45) is -0.869. The van der Waals surface area contributed by atoms with E-state index < -0.39 is 17.9 Å². The van der Waals surface area contributed by atoms with Crippen molar-refractivity contribution < 1.29 is 19.4 Å². The maximum atomic E-state index is 12.0. The van der Waals surface area contributed by atoms with Gasteiger partial charge in [0.2, 0.25) is 0 Å². The number of benzene rings is 2. The second kappa shape index (κ2) is 5.25. The van der Waals surface area contributed by atoms with Crippen molar-refractivity contribution in [1.29, 1.82) is 0 Å². The van der Waals surface area contributed by atoms with Gasteiger partial charge in [0, 0.05) is 5.56 Å². The molecule has 0 bridgehead atoms. The largest absolute Gasteiger partial charge is 0.507 e. The zero-order chi connectivity index (χ0) is 14.8. The minimum absolute atomic E-state index is 0.0163. The third-order valence-electron chi connectivity index (χ3n) is 3.32. The van der Waals surface area contributed by atoms with Gasteiger partial charge in [-0.3, -0.25) is 4.79 Å². The summed E-state index contributed by atoms with van der Waals surface area (Å²) in [5, 5.41) is 10.4. The highest BCUT2D eigenvalue weighted by molar-refractivity contribution is 6.44. The predicted molar refractivity (Wildman–Crippen MR) is 76.3 cm³/mol. The van der Waals surface area contributed by atoms with E-state index in [-0.39, 0.29) is 11.3 Å².